The number of hydrogen-bond donors (Lipinski definition) is 0. The first-order valence-corrected chi connectivity index (χ1v) is 5.50. The lowest BCUT2D eigenvalue weighted by Crippen LogP contribution is -2.19. The van der Waals surface area contributed by atoms with Crippen LogP contribution < -0.4 is 9.47 Å². The summed E-state index contributed by atoms with van der Waals surface area (Å²) in [6.45, 7) is 3.85. The Balaban J connectivity index is 2.38. The van der Waals surface area contributed by atoms with Gasteiger partial charge in [-0.05, 0) is 31.5 Å². The summed E-state index contributed by atoms with van der Waals surface area (Å²) in [7, 11) is 0. The van der Waals surface area contributed by atoms with Crippen LogP contribution in [-0.4, -0.2) is 24.8 Å². The van der Waals surface area contributed by atoms with Crippen LogP contribution >= 0.6 is 0 Å². The molecule has 0 fully saturated rings. The third-order valence-electron chi connectivity index (χ3n) is 2.71. The van der Waals surface area contributed by atoms with Crippen molar-refractivity contribution in [1.29, 1.82) is 0 Å². The number of Topliss-reactive ketones (excluding diaryl/α,β-unsaturated/α-hetero) is 2. The lowest BCUT2D eigenvalue weighted by Gasteiger charge is -2.20. The SMILES string of the molecule is CC(=O)C(C(C)=O)c1ccc2c(c1)OCCO2. The smallest absolute Gasteiger partial charge is 0.161 e. The molecule has 0 saturated heterocycles. The molecular weight excluding hydrogens is 220 g/mol. The normalized spacial score (nSPS) is 13.6. The summed E-state index contributed by atoms with van der Waals surface area (Å²) in [6, 6.07) is 5.19. The zero-order valence-corrected chi connectivity index (χ0v) is 9.86. The molecule has 1 aliphatic rings. The van der Waals surface area contributed by atoms with E-state index >= 15 is 0 Å². The van der Waals surface area contributed by atoms with E-state index in [0.29, 0.717) is 30.3 Å². The average Bonchev–Trinajstić information content (AvgIpc) is 2.28. The van der Waals surface area contributed by atoms with E-state index in [4.69, 9.17) is 9.47 Å². The molecule has 90 valence electrons. The van der Waals surface area contributed by atoms with Crippen molar-refractivity contribution in [3.05, 3.63) is 23.8 Å². The zero-order valence-electron chi connectivity index (χ0n) is 9.86. The van der Waals surface area contributed by atoms with Gasteiger partial charge in [-0.1, -0.05) is 6.07 Å². The fourth-order valence-corrected chi connectivity index (χ4v) is 2.00. The summed E-state index contributed by atoms with van der Waals surface area (Å²) in [6.07, 6.45) is 0. The van der Waals surface area contributed by atoms with Gasteiger partial charge in [0.05, 0.1) is 0 Å². The van der Waals surface area contributed by atoms with E-state index in [9.17, 15) is 9.59 Å². The van der Waals surface area contributed by atoms with Gasteiger partial charge in [-0.25, -0.2) is 0 Å². The van der Waals surface area contributed by atoms with Gasteiger partial charge in [-0.2, -0.15) is 0 Å². The highest BCUT2D eigenvalue weighted by atomic mass is 16.6. The molecule has 17 heavy (non-hydrogen) atoms. The monoisotopic (exact) mass is 234 g/mol. The quantitative estimate of drug-likeness (QED) is 0.747. The van der Waals surface area contributed by atoms with Crippen LogP contribution in [0, 0.1) is 0 Å². The molecule has 0 unspecified atom stereocenters. The molecule has 4 nitrogen and oxygen atoms in total. The van der Waals surface area contributed by atoms with E-state index in [2.05, 4.69) is 0 Å². The molecule has 0 aliphatic carbocycles. The van der Waals surface area contributed by atoms with E-state index in [1.165, 1.54) is 13.8 Å². The Morgan fingerprint density at radius 3 is 2.24 bits per heavy atom. The summed E-state index contributed by atoms with van der Waals surface area (Å²) in [4.78, 5) is 22.9. The molecule has 0 spiro atoms. The second-order valence-corrected chi connectivity index (χ2v) is 4.06. The van der Waals surface area contributed by atoms with Crippen LogP contribution in [0.2, 0.25) is 0 Å². The van der Waals surface area contributed by atoms with Crippen LogP contribution in [0.3, 0.4) is 0 Å². The second-order valence-electron chi connectivity index (χ2n) is 4.06. The fraction of sp³-hybridized carbons (Fsp3) is 0.385. The lowest BCUT2D eigenvalue weighted by atomic mass is 9.92. The van der Waals surface area contributed by atoms with Gasteiger partial charge in [-0.3, -0.25) is 9.59 Å². The molecule has 1 aliphatic heterocycles. The second kappa shape index (κ2) is 4.57. The molecule has 0 saturated carbocycles. The average molecular weight is 234 g/mol. The van der Waals surface area contributed by atoms with Crippen LogP contribution in [0.4, 0.5) is 0 Å². The molecule has 1 heterocycles. The summed E-state index contributed by atoms with van der Waals surface area (Å²) >= 11 is 0. The Bertz CT molecular complexity index is 450. The Morgan fingerprint density at radius 2 is 1.65 bits per heavy atom. The Kier molecular flexibility index (Phi) is 3.13. The number of carbonyl (C=O) groups excluding carboxylic acids is 2. The molecule has 1 aromatic carbocycles. The number of carbonyl (C=O) groups is 2. The van der Waals surface area contributed by atoms with Gasteiger partial charge >= 0.3 is 0 Å². The van der Waals surface area contributed by atoms with E-state index < -0.39 is 5.92 Å². The third-order valence-corrected chi connectivity index (χ3v) is 2.71. The summed E-state index contributed by atoms with van der Waals surface area (Å²) < 4.78 is 10.8. The highest BCUT2D eigenvalue weighted by Gasteiger charge is 2.23. The van der Waals surface area contributed by atoms with Gasteiger partial charge in [0.15, 0.2) is 11.5 Å². The fourth-order valence-electron chi connectivity index (χ4n) is 2.00. The number of fused-ring (bicyclic) bond motifs is 1. The minimum absolute atomic E-state index is 0.158. The van der Waals surface area contributed by atoms with E-state index in [0.717, 1.165) is 0 Å². The molecule has 0 aromatic heterocycles. The first-order chi connectivity index (χ1) is 8.09. The Labute approximate surface area is 99.5 Å². The minimum Gasteiger partial charge on any atom is -0.486 e. The third kappa shape index (κ3) is 2.30. The maximum absolute atomic E-state index is 11.5. The number of rotatable bonds is 3. The summed E-state index contributed by atoms with van der Waals surface area (Å²) in [5, 5.41) is 0. The van der Waals surface area contributed by atoms with Crippen molar-refractivity contribution in [3.63, 3.8) is 0 Å². The van der Waals surface area contributed by atoms with Crippen LogP contribution in [0.1, 0.15) is 25.3 Å². The van der Waals surface area contributed by atoms with Gasteiger partial charge in [0.25, 0.3) is 0 Å². The topological polar surface area (TPSA) is 52.6 Å². The molecule has 0 radical (unpaired) electrons. The summed E-state index contributed by atoms with van der Waals surface area (Å²) in [5.74, 6) is 0.237. The number of ether oxygens (including phenoxy) is 2. The van der Waals surface area contributed by atoms with Gasteiger partial charge in [0.2, 0.25) is 0 Å². The van der Waals surface area contributed by atoms with Crippen LogP contribution in [0.5, 0.6) is 11.5 Å². The summed E-state index contributed by atoms with van der Waals surface area (Å²) in [5.41, 5.74) is 0.661. The Morgan fingerprint density at radius 1 is 1.06 bits per heavy atom. The lowest BCUT2D eigenvalue weighted by molar-refractivity contribution is -0.126. The largest absolute Gasteiger partial charge is 0.486 e. The van der Waals surface area contributed by atoms with Crippen molar-refractivity contribution in [2.75, 3.05) is 13.2 Å². The zero-order chi connectivity index (χ0) is 12.4. The molecule has 0 N–H and O–H groups in total. The highest BCUT2D eigenvalue weighted by Crippen LogP contribution is 2.33. The maximum Gasteiger partial charge on any atom is 0.161 e. The van der Waals surface area contributed by atoms with Crippen LogP contribution in [0.25, 0.3) is 0 Å². The van der Waals surface area contributed by atoms with Crippen molar-refractivity contribution in [1.82, 2.24) is 0 Å². The van der Waals surface area contributed by atoms with E-state index in [1.807, 2.05) is 0 Å². The van der Waals surface area contributed by atoms with Crippen molar-refractivity contribution in [2.24, 2.45) is 0 Å². The van der Waals surface area contributed by atoms with Crippen LogP contribution in [0.15, 0.2) is 18.2 Å². The minimum atomic E-state index is -0.703. The van der Waals surface area contributed by atoms with Crippen molar-refractivity contribution in [3.8, 4) is 11.5 Å². The highest BCUT2D eigenvalue weighted by molar-refractivity contribution is 6.05. The van der Waals surface area contributed by atoms with Crippen molar-refractivity contribution < 1.29 is 19.1 Å². The van der Waals surface area contributed by atoms with Gasteiger partial charge in [0, 0.05) is 0 Å². The predicted molar refractivity (Wildman–Crippen MR) is 61.5 cm³/mol. The molecular formula is C13H14O4. The predicted octanol–water partition coefficient (Wildman–Crippen LogP) is 1.72. The van der Waals surface area contributed by atoms with E-state index in [-0.39, 0.29) is 11.6 Å². The molecule has 2 rings (SSSR count). The number of benzene rings is 1. The molecule has 0 atom stereocenters. The van der Waals surface area contributed by atoms with Gasteiger partial charge in [0.1, 0.15) is 30.7 Å². The standard InChI is InChI=1S/C13H14O4/c1-8(14)13(9(2)15)10-3-4-11-12(7-10)17-6-5-16-11/h3-4,7,13H,5-6H2,1-2H3. The van der Waals surface area contributed by atoms with Crippen molar-refractivity contribution in [2.45, 2.75) is 19.8 Å². The first kappa shape index (κ1) is 11.6. The first-order valence-electron chi connectivity index (χ1n) is 5.50. The van der Waals surface area contributed by atoms with Crippen LogP contribution in [-0.2, 0) is 9.59 Å². The number of hydrogen-bond acceptors (Lipinski definition) is 4. The van der Waals surface area contributed by atoms with Crippen molar-refractivity contribution >= 4 is 11.6 Å². The molecule has 1 aromatic rings. The molecule has 4 heteroatoms. The molecule has 0 amide bonds. The van der Waals surface area contributed by atoms with Gasteiger partial charge < -0.3 is 9.47 Å². The number of ketones is 2. The van der Waals surface area contributed by atoms with Gasteiger partial charge in [-0.15, -0.1) is 0 Å². The van der Waals surface area contributed by atoms with E-state index in [1.54, 1.807) is 18.2 Å². The Hall–Kier alpha value is -1.84. The maximum atomic E-state index is 11.5. The molecule has 0 bridgehead atoms.